The van der Waals surface area contributed by atoms with Crippen LogP contribution in [0.4, 0.5) is 0 Å². The lowest BCUT2D eigenvalue weighted by Gasteiger charge is -2.25. The second kappa shape index (κ2) is 11.4. The lowest BCUT2D eigenvalue weighted by molar-refractivity contribution is -0.132. The van der Waals surface area contributed by atoms with Crippen LogP contribution in [0.5, 0.6) is 11.5 Å². The van der Waals surface area contributed by atoms with Gasteiger partial charge in [0.1, 0.15) is 16.9 Å². The Labute approximate surface area is 239 Å². The highest BCUT2D eigenvalue weighted by Crippen LogP contribution is 2.42. The van der Waals surface area contributed by atoms with E-state index in [1.165, 1.54) is 22.8 Å². The van der Waals surface area contributed by atoms with E-state index in [0.29, 0.717) is 33.3 Å². The van der Waals surface area contributed by atoms with Gasteiger partial charge in [-0.05, 0) is 66.6 Å². The van der Waals surface area contributed by atoms with Crippen molar-refractivity contribution in [2.45, 2.75) is 17.5 Å². The molecule has 11 heteroatoms. The molecule has 3 aromatic carbocycles. The molecule has 40 heavy (non-hydrogen) atoms. The summed E-state index contributed by atoms with van der Waals surface area (Å²) in [5.41, 5.74) is 4.43. The van der Waals surface area contributed by atoms with E-state index in [1.54, 1.807) is 81.8 Å². The zero-order valence-corrected chi connectivity index (χ0v) is 23.4. The number of hydrazine groups is 1. The Morgan fingerprint density at radius 2 is 1.52 bits per heavy atom. The van der Waals surface area contributed by atoms with Gasteiger partial charge < -0.3 is 9.47 Å². The standard InChI is InChI=1S/C29H25ClN4O5S/c1-17-28(37)34(29(40-17)19-4-8-20(30)9-5-19)32-27(36)26-24(18-6-12-22(38-2)13-7-18)16-25(35)33(31-26)21-10-14-23(39-3)15-11-21/h4-17,29H,1-3H3,(H,32,36). The van der Waals surface area contributed by atoms with E-state index in [9.17, 15) is 14.4 Å². The van der Waals surface area contributed by atoms with Crippen molar-refractivity contribution in [2.24, 2.45) is 0 Å². The molecule has 0 spiro atoms. The number of benzene rings is 3. The number of amides is 2. The van der Waals surface area contributed by atoms with Gasteiger partial charge in [0, 0.05) is 16.7 Å². The SMILES string of the molecule is COc1ccc(-c2cc(=O)n(-c3ccc(OC)cc3)nc2C(=O)NN2C(=O)C(C)SC2c2ccc(Cl)cc2)cc1. The van der Waals surface area contributed by atoms with Crippen molar-refractivity contribution in [2.75, 3.05) is 14.2 Å². The normalized spacial score (nSPS) is 16.6. The maximum absolute atomic E-state index is 13.8. The molecule has 4 aromatic rings. The number of rotatable bonds is 7. The summed E-state index contributed by atoms with van der Waals surface area (Å²) in [6.07, 6.45) is 0. The Kier molecular flexibility index (Phi) is 7.81. The van der Waals surface area contributed by atoms with Crippen molar-refractivity contribution in [1.82, 2.24) is 20.2 Å². The fourth-order valence-electron chi connectivity index (χ4n) is 4.28. The number of halogens is 1. The summed E-state index contributed by atoms with van der Waals surface area (Å²) in [4.78, 5) is 40.2. The number of nitrogens with one attached hydrogen (secondary N) is 1. The average Bonchev–Trinajstić information content (AvgIpc) is 3.26. The van der Waals surface area contributed by atoms with Crippen LogP contribution >= 0.6 is 23.4 Å². The molecule has 0 saturated carbocycles. The van der Waals surface area contributed by atoms with E-state index in [2.05, 4.69) is 10.5 Å². The molecular weight excluding hydrogens is 552 g/mol. The van der Waals surface area contributed by atoms with E-state index in [0.717, 1.165) is 10.2 Å². The van der Waals surface area contributed by atoms with Gasteiger partial charge >= 0.3 is 0 Å². The molecule has 1 fully saturated rings. The van der Waals surface area contributed by atoms with Crippen LogP contribution in [-0.2, 0) is 4.79 Å². The topological polar surface area (TPSA) is 103 Å². The molecule has 1 aliphatic rings. The van der Waals surface area contributed by atoms with Crippen molar-refractivity contribution in [3.63, 3.8) is 0 Å². The summed E-state index contributed by atoms with van der Waals surface area (Å²) >= 11 is 7.46. The Morgan fingerprint density at radius 1 is 0.925 bits per heavy atom. The molecule has 0 bridgehead atoms. The molecule has 2 heterocycles. The number of nitrogens with zero attached hydrogens (tertiary/aromatic N) is 3. The highest BCUT2D eigenvalue weighted by molar-refractivity contribution is 8.01. The number of hydrogen-bond donors (Lipinski definition) is 1. The number of thioether (sulfide) groups is 1. The quantitative estimate of drug-likeness (QED) is 0.334. The fraction of sp³-hybridized carbons (Fsp3) is 0.172. The molecule has 1 aliphatic heterocycles. The van der Waals surface area contributed by atoms with Crippen LogP contribution in [0.15, 0.2) is 83.7 Å². The van der Waals surface area contributed by atoms with E-state index >= 15 is 0 Å². The third kappa shape index (κ3) is 5.41. The molecular formula is C29H25ClN4O5S. The lowest BCUT2D eigenvalue weighted by Crippen LogP contribution is -2.46. The van der Waals surface area contributed by atoms with Gasteiger partial charge in [-0.15, -0.1) is 11.8 Å². The van der Waals surface area contributed by atoms with Crippen LogP contribution < -0.4 is 20.5 Å². The molecule has 2 atom stereocenters. The third-order valence-electron chi connectivity index (χ3n) is 6.39. The summed E-state index contributed by atoms with van der Waals surface area (Å²) in [6, 6.07) is 22.1. The van der Waals surface area contributed by atoms with Crippen molar-refractivity contribution in [1.29, 1.82) is 0 Å². The summed E-state index contributed by atoms with van der Waals surface area (Å²) in [5, 5.41) is 5.49. The van der Waals surface area contributed by atoms with Gasteiger partial charge in [0.25, 0.3) is 17.4 Å². The zero-order valence-electron chi connectivity index (χ0n) is 21.8. The largest absolute Gasteiger partial charge is 0.497 e. The van der Waals surface area contributed by atoms with Crippen LogP contribution in [0.3, 0.4) is 0 Å². The summed E-state index contributed by atoms with van der Waals surface area (Å²) in [7, 11) is 3.09. The molecule has 2 unspecified atom stereocenters. The van der Waals surface area contributed by atoms with E-state index in [4.69, 9.17) is 21.1 Å². The average molecular weight is 577 g/mol. The molecule has 5 rings (SSSR count). The molecule has 0 radical (unpaired) electrons. The van der Waals surface area contributed by atoms with Gasteiger partial charge in [0.05, 0.1) is 25.2 Å². The second-order valence-electron chi connectivity index (χ2n) is 8.91. The van der Waals surface area contributed by atoms with Crippen LogP contribution in [0.1, 0.15) is 28.3 Å². The van der Waals surface area contributed by atoms with Crippen molar-refractivity contribution < 1.29 is 19.1 Å². The van der Waals surface area contributed by atoms with Crippen molar-refractivity contribution in [3.8, 4) is 28.3 Å². The van der Waals surface area contributed by atoms with Gasteiger partial charge in [-0.2, -0.15) is 9.78 Å². The predicted octanol–water partition coefficient (Wildman–Crippen LogP) is 4.88. The monoisotopic (exact) mass is 576 g/mol. The van der Waals surface area contributed by atoms with Crippen molar-refractivity contribution in [3.05, 3.63) is 105 Å². The van der Waals surface area contributed by atoms with Crippen LogP contribution in [0.25, 0.3) is 16.8 Å². The molecule has 1 N–H and O–H groups in total. The van der Waals surface area contributed by atoms with E-state index < -0.39 is 16.8 Å². The molecule has 204 valence electrons. The van der Waals surface area contributed by atoms with Gasteiger partial charge in [0.2, 0.25) is 0 Å². The van der Waals surface area contributed by atoms with E-state index in [-0.39, 0.29) is 16.9 Å². The Balaban J connectivity index is 1.57. The van der Waals surface area contributed by atoms with Crippen LogP contribution in [-0.4, -0.2) is 46.1 Å². The highest BCUT2D eigenvalue weighted by Gasteiger charge is 2.40. The maximum Gasteiger partial charge on any atom is 0.291 e. The molecule has 9 nitrogen and oxygen atoms in total. The molecule has 1 aromatic heterocycles. The van der Waals surface area contributed by atoms with Gasteiger partial charge in [-0.3, -0.25) is 19.8 Å². The Morgan fingerprint density at radius 3 is 2.12 bits per heavy atom. The zero-order chi connectivity index (χ0) is 28.4. The van der Waals surface area contributed by atoms with Crippen LogP contribution in [0, 0.1) is 0 Å². The fourth-order valence-corrected chi connectivity index (χ4v) is 5.61. The highest BCUT2D eigenvalue weighted by atomic mass is 35.5. The first kappa shape index (κ1) is 27.3. The minimum Gasteiger partial charge on any atom is -0.497 e. The smallest absolute Gasteiger partial charge is 0.291 e. The first-order chi connectivity index (χ1) is 19.3. The summed E-state index contributed by atoms with van der Waals surface area (Å²) in [5.74, 6) is 0.327. The third-order valence-corrected chi connectivity index (χ3v) is 8.00. The number of ether oxygens (including phenoxy) is 2. The molecule has 1 saturated heterocycles. The first-order valence-corrected chi connectivity index (χ1v) is 13.6. The Bertz CT molecular complexity index is 1610. The number of hydrogen-bond acceptors (Lipinski definition) is 7. The van der Waals surface area contributed by atoms with E-state index in [1.807, 2.05) is 12.1 Å². The maximum atomic E-state index is 13.8. The number of aromatic nitrogens is 2. The molecule has 0 aliphatic carbocycles. The van der Waals surface area contributed by atoms with Crippen molar-refractivity contribution >= 4 is 35.2 Å². The van der Waals surface area contributed by atoms with Crippen LogP contribution in [0.2, 0.25) is 5.02 Å². The number of carbonyl (C=O) groups excluding carboxylic acids is 2. The summed E-state index contributed by atoms with van der Waals surface area (Å²) < 4.78 is 11.6. The lowest BCUT2D eigenvalue weighted by atomic mass is 10.0. The van der Waals surface area contributed by atoms with Gasteiger partial charge in [-0.1, -0.05) is 35.9 Å². The molecule has 2 amide bonds. The minimum atomic E-state index is -0.643. The predicted molar refractivity (Wildman–Crippen MR) is 154 cm³/mol. The summed E-state index contributed by atoms with van der Waals surface area (Å²) in [6.45, 7) is 1.78. The second-order valence-corrected chi connectivity index (χ2v) is 10.8. The van der Waals surface area contributed by atoms with Gasteiger partial charge in [0.15, 0.2) is 5.69 Å². The minimum absolute atomic E-state index is 0.0344. The van der Waals surface area contributed by atoms with Gasteiger partial charge in [-0.25, -0.2) is 5.01 Å². The first-order valence-electron chi connectivity index (χ1n) is 12.3. The number of methoxy groups -OCH3 is 2. The Hall–Kier alpha value is -4.28. The number of carbonyl (C=O) groups is 2.